The zero-order valence-electron chi connectivity index (χ0n) is 22.2. The van der Waals surface area contributed by atoms with Crippen molar-refractivity contribution in [2.45, 2.75) is 39.8 Å². The summed E-state index contributed by atoms with van der Waals surface area (Å²) < 4.78 is 18.6. The van der Waals surface area contributed by atoms with E-state index in [4.69, 9.17) is 5.10 Å². The van der Waals surface area contributed by atoms with Gasteiger partial charge in [0.1, 0.15) is 11.6 Å². The molecular weight excluding hydrogens is 489 g/mol. The van der Waals surface area contributed by atoms with E-state index in [0.717, 1.165) is 45.3 Å². The minimum atomic E-state index is -0.525. The summed E-state index contributed by atoms with van der Waals surface area (Å²) in [5.74, 6) is 0.549. The Morgan fingerprint density at radius 1 is 0.974 bits per heavy atom. The van der Waals surface area contributed by atoms with E-state index in [2.05, 4.69) is 22.9 Å². The zero-order chi connectivity index (χ0) is 27.1. The van der Waals surface area contributed by atoms with E-state index in [-0.39, 0.29) is 11.8 Å². The van der Waals surface area contributed by atoms with Crippen LogP contribution in [0.15, 0.2) is 91.1 Å². The van der Waals surface area contributed by atoms with Crippen LogP contribution < -0.4 is 5.32 Å². The smallest absolute Gasteiger partial charge is 0.308 e. The maximum atomic E-state index is 14.6. The van der Waals surface area contributed by atoms with Crippen molar-refractivity contribution in [3.63, 3.8) is 0 Å². The van der Waals surface area contributed by atoms with Gasteiger partial charge in [-0.15, -0.1) is 0 Å². The lowest BCUT2D eigenvalue weighted by Gasteiger charge is -2.31. The molecule has 0 saturated carbocycles. The molecule has 1 aliphatic heterocycles. The van der Waals surface area contributed by atoms with Crippen molar-refractivity contribution >= 4 is 11.7 Å². The second-order valence-corrected chi connectivity index (χ2v) is 10.0. The van der Waals surface area contributed by atoms with Gasteiger partial charge in [-0.25, -0.2) is 13.9 Å². The molecule has 6 rings (SSSR count). The Kier molecular flexibility index (Phi) is 6.27. The number of aryl methyl sites for hydroxylation is 3. The monoisotopic (exact) mass is 519 g/mol. The van der Waals surface area contributed by atoms with Crippen LogP contribution in [0.1, 0.15) is 46.6 Å². The lowest BCUT2D eigenvalue weighted by molar-refractivity contribution is 0.194. The third-order valence-corrected chi connectivity index (χ3v) is 7.20. The molecule has 5 aromatic rings. The topological polar surface area (TPSA) is 55.1 Å². The van der Waals surface area contributed by atoms with Crippen molar-refractivity contribution in [1.82, 2.24) is 19.2 Å². The molecular formula is C32H30FN5O. The Balaban J connectivity index is 1.55. The molecule has 0 aliphatic carbocycles. The Bertz CT molecular complexity index is 1650. The fourth-order valence-electron chi connectivity index (χ4n) is 5.62. The molecule has 2 amide bonds. The lowest BCUT2D eigenvalue weighted by Crippen LogP contribution is -2.38. The zero-order valence-corrected chi connectivity index (χ0v) is 22.2. The van der Waals surface area contributed by atoms with Crippen molar-refractivity contribution in [2.75, 3.05) is 5.32 Å². The first-order valence-electron chi connectivity index (χ1n) is 13.2. The van der Waals surface area contributed by atoms with Crippen LogP contribution in [0.25, 0.3) is 11.5 Å². The van der Waals surface area contributed by atoms with Crippen LogP contribution in [-0.4, -0.2) is 25.3 Å². The molecule has 0 radical (unpaired) electrons. The molecule has 7 heteroatoms. The SMILES string of the molecule is CCc1nn(-c2ccccc2)c2c1CN(C(=O)Nc1cc(C)cc(C)c1)[C@@H](c1cccc(F)c1)c1cccn1-2. The number of aromatic nitrogens is 3. The Morgan fingerprint density at radius 3 is 2.46 bits per heavy atom. The van der Waals surface area contributed by atoms with Crippen molar-refractivity contribution in [3.8, 4) is 11.5 Å². The molecule has 3 aromatic carbocycles. The second-order valence-electron chi connectivity index (χ2n) is 10.0. The van der Waals surface area contributed by atoms with Gasteiger partial charge in [0.2, 0.25) is 0 Å². The first-order valence-corrected chi connectivity index (χ1v) is 13.2. The number of urea groups is 1. The molecule has 1 atom stereocenters. The molecule has 1 aliphatic rings. The van der Waals surface area contributed by atoms with E-state index >= 15 is 0 Å². The summed E-state index contributed by atoms with van der Waals surface area (Å²) >= 11 is 0. The molecule has 3 heterocycles. The molecule has 0 spiro atoms. The summed E-state index contributed by atoms with van der Waals surface area (Å²) in [6, 6.07) is 25.7. The summed E-state index contributed by atoms with van der Waals surface area (Å²) in [5.41, 5.74) is 7.23. The fourth-order valence-corrected chi connectivity index (χ4v) is 5.62. The first-order chi connectivity index (χ1) is 18.9. The maximum Gasteiger partial charge on any atom is 0.322 e. The minimum absolute atomic E-state index is 0.260. The van der Waals surface area contributed by atoms with E-state index < -0.39 is 6.04 Å². The highest BCUT2D eigenvalue weighted by Gasteiger charge is 2.36. The summed E-state index contributed by atoms with van der Waals surface area (Å²) in [6.45, 7) is 6.40. The number of halogens is 1. The van der Waals surface area contributed by atoms with Crippen molar-refractivity contribution in [3.05, 3.63) is 131 Å². The van der Waals surface area contributed by atoms with Crippen molar-refractivity contribution in [2.24, 2.45) is 0 Å². The van der Waals surface area contributed by atoms with Gasteiger partial charge in [-0.3, -0.25) is 0 Å². The van der Waals surface area contributed by atoms with Gasteiger partial charge in [0.05, 0.1) is 29.7 Å². The Labute approximate surface area is 227 Å². The molecule has 6 nitrogen and oxygen atoms in total. The van der Waals surface area contributed by atoms with E-state index in [1.54, 1.807) is 11.0 Å². The van der Waals surface area contributed by atoms with Gasteiger partial charge in [0.15, 0.2) is 0 Å². The molecule has 0 fully saturated rings. The quantitative estimate of drug-likeness (QED) is 0.275. The highest BCUT2D eigenvalue weighted by Crippen LogP contribution is 2.39. The van der Waals surface area contributed by atoms with E-state index in [0.29, 0.717) is 18.5 Å². The number of rotatable bonds is 4. The van der Waals surface area contributed by atoms with Crippen molar-refractivity contribution in [1.29, 1.82) is 0 Å². The molecule has 39 heavy (non-hydrogen) atoms. The number of fused-ring (bicyclic) bond motifs is 3. The fraction of sp³-hybridized carbons (Fsp3) is 0.188. The van der Waals surface area contributed by atoms with Crippen LogP contribution in [0.5, 0.6) is 0 Å². The normalized spacial score (nSPS) is 14.5. The van der Waals surface area contributed by atoms with E-state index in [1.165, 1.54) is 12.1 Å². The van der Waals surface area contributed by atoms with Gasteiger partial charge >= 0.3 is 6.03 Å². The summed E-state index contributed by atoms with van der Waals surface area (Å²) in [7, 11) is 0. The number of hydrogen-bond acceptors (Lipinski definition) is 2. The highest BCUT2D eigenvalue weighted by atomic mass is 19.1. The Morgan fingerprint density at radius 2 is 1.74 bits per heavy atom. The lowest BCUT2D eigenvalue weighted by atomic mass is 10.0. The van der Waals surface area contributed by atoms with E-state index in [9.17, 15) is 9.18 Å². The average Bonchev–Trinajstić information content (AvgIpc) is 3.49. The predicted octanol–water partition coefficient (Wildman–Crippen LogP) is 7.12. The van der Waals surface area contributed by atoms with Gasteiger partial charge in [-0.2, -0.15) is 5.10 Å². The molecule has 0 unspecified atom stereocenters. The third kappa shape index (κ3) is 4.50. The second kappa shape index (κ2) is 9.91. The number of nitrogens with zero attached hydrogens (tertiary/aromatic N) is 4. The van der Waals surface area contributed by atoms with Gasteiger partial charge in [0.25, 0.3) is 0 Å². The summed E-state index contributed by atoms with van der Waals surface area (Å²) in [5, 5.41) is 8.11. The van der Waals surface area contributed by atoms with E-state index in [1.807, 2.05) is 85.4 Å². The first kappa shape index (κ1) is 24.7. The molecule has 2 aromatic heterocycles. The number of para-hydroxylation sites is 1. The molecule has 196 valence electrons. The largest absolute Gasteiger partial charge is 0.322 e. The summed E-state index contributed by atoms with van der Waals surface area (Å²) in [4.78, 5) is 15.9. The summed E-state index contributed by atoms with van der Waals surface area (Å²) in [6.07, 6.45) is 2.70. The van der Waals surface area contributed by atoms with Gasteiger partial charge in [0, 0.05) is 17.4 Å². The number of amides is 2. The highest BCUT2D eigenvalue weighted by molar-refractivity contribution is 5.90. The van der Waals surface area contributed by atoms with Crippen LogP contribution in [0.3, 0.4) is 0 Å². The van der Waals surface area contributed by atoms with Crippen molar-refractivity contribution < 1.29 is 9.18 Å². The van der Waals surface area contributed by atoms with Crippen LogP contribution >= 0.6 is 0 Å². The number of carbonyl (C=O) groups is 1. The number of benzene rings is 3. The average molecular weight is 520 g/mol. The standard InChI is InChI=1S/C32H30FN5O/c1-4-28-27-20-37(32(39)34-25-17-21(2)16-22(3)18-25)30(23-10-8-11-24(33)19-23)29-14-9-15-36(29)31(27)38(35-28)26-12-6-5-7-13-26/h5-19,30H,4,20H2,1-3H3,(H,34,39)/t30-/m0/s1. The van der Waals surface area contributed by atoms with Crippen LogP contribution in [0.2, 0.25) is 0 Å². The Hall–Kier alpha value is -4.65. The van der Waals surface area contributed by atoms with Gasteiger partial charge in [-0.1, -0.05) is 43.3 Å². The van der Waals surface area contributed by atoms with Crippen LogP contribution in [0, 0.1) is 19.7 Å². The van der Waals surface area contributed by atoms with Crippen LogP contribution in [0.4, 0.5) is 14.9 Å². The number of hydrogen-bond donors (Lipinski definition) is 1. The number of nitrogens with one attached hydrogen (secondary N) is 1. The third-order valence-electron chi connectivity index (χ3n) is 7.20. The molecule has 1 N–H and O–H groups in total. The minimum Gasteiger partial charge on any atom is -0.308 e. The number of anilines is 1. The van der Waals surface area contributed by atoms with Crippen LogP contribution in [-0.2, 0) is 13.0 Å². The van der Waals surface area contributed by atoms with Gasteiger partial charge < -0.3 is 14.8 Å². The predicted molar refractivity (Wildman–Crippen MR) is 151 cm³/mol. The molecule has 0 saturated heterocycles. The molecule has 0 bridgehead atoms. The van der Waals surface area contributed by atoms with Gasteiger partial charge in [-0.05, 0) is 85.5 Å². The number of carbonyl (C=O) groups excluding carboxylic acids is 1. The maximum absolute atomic E-state index is 14.6.